The molecule has 0 atom stereocenters. The Morgan fingerprint density at radius 3 is 1.93 bits per heavy atom. The van der Waals surface area contributed by atoms with Crippen LogP contribution < -0.4 is 5.50 Å². The first-order chi connectivity index (χ1) is 13.4. The monoisotopic (exact) mass is 398 g/mol. The minimum Gasteiger partial charge on any atom is -0.448 e. The molecule has 0 bridgehead atoms. The zero-order chi connectivity index (χ0) is 20.1. The first kappa shape index (κ1) is 20.6. The SMILES string of the molecule is CC(C)OP(=O)(OC(C)C)c1oc(-c2ccccc2)cc1Cc1ccccc1. The Morgan fingerprint density at radius 2 is 1.39 bits per heavy atom. The maximum Gasteiger partial charge on any atom is 0.397 e. The fourth-order valence-corrected chi connectivity index (χ4v) is 5.07. The van der Waals surface area contributed by atoms with E-state index in [1.54, 1.807) is 0 Å². The lowest BCUT2D eigenvalue weighted by molar-refractivity contribution is 0.147. The van der Waals surface area contributed by atoms with Gasteiger partial charge in [0.2, 0.25) is 5.50 Å². The molecular formula is C23H27O4P. The first-order valence-electron chi connectivity index (χ1n) is 9.57. The predicted octanol–water partition coefficient (Wildman–Crippen LogP) is 6.21. The number of rotatable bonds is 8. The van der Waals surface area contributed by atoms with Crippen LogP contribution in [0.4, 0.5) is 0 Å². The van der Waals surface area contributed by atoms with Gasteiger partial charge in [0.15, 0.2) is 0 Å². The molecule has 28 heavy (non-hydrogen) atoms. The van der Waals surface area contributed by atoms with E-state index in [1.807, 2.05) is 94.4 Å². The number of hydrogen-bond acceptors (Lipinski definition) is 4. The molecule has 0 aliphatic heterocycles. The van der Waals surface area contributed by atoms with Crippen LogP contribution in [0.1, 0.15) is 38.8 Å². The van der Waals surface area contributed by atoms with Gasteiger partial charge in [-0.2, -0.15) is 0 Å². The van der Waals surface area contributed by atoms with Gasteiger partial charge in [-0.05, 0) is 39.3 Å². The third-order valence-corrected chi connectivity index (χ3v) is 6.30. The van der Waals surface area contributed by atoms with Crippen LogP contribution in [0.5, 0.6) is 0 Å². The summed E-state index contributed by atoms with van der Waals surface area (Å²) in [6, 6.07) is 21.7. The molecule has 0 spiro atoms. The molecule has 0 unspecified atom stereocenters. The highest BCUT2D eigenvalue weighted by atomic mass is 31.2. The molecule has 0 radical (unpaired) electrons. The van der Waals surface area contributed by atoms with Crippen LogP contribution in [-0.2, 0) is 20.0 Å². The van der Waals surface area contributed by atoms with Gasteiger partial charge in [-0.15, -0.1) is 0 Å². The predicted molar refractivity (Wildman–Crippen MR) is 113 cm³/mol. The van der Waals surface area contributed by atoms with E-state index in [1.165, 1.54) is 0 Å². The molecular weight excluding hydrogens is 371 g/mol. The summed E-state index contributed by atoms with van der Waals surface area (Å²) in [7, 11) is -3.62. The fraction of sp³-hybridized carbons (Fsp3) is 0.304. The van der Waals surface area contributed by atoms with Crippen molar-refractivity contribution in [3.63, 3.8) is 0 Å². The molecule has 5 heteroatoms. The Bertz CT molecular complexity index is 916. The Hall–Kier alpha value is -2.13. The van der Waals surface area contributed by atoms with E-state index in [-0.39, 0.29) is 17.7 Å². The highest BCUT2D eigenvalue weighted by Gasteiger charge is 2.37. The molecule has 0 saturated heterocycles. The second-order valence-corrected chi connectivity index (χ2v) is 9.10. The van der Waals surface area contributed by atoms with Gasteiger partial charge in [-0.1, -0.05) is 60.7 Å². The van der Waals surface area contributed by atoms with E-state index >= 15 is 0 Å². The highest BCUT2D eigenvalue weighted by molar-refractivity contribution is 7.61. The standard InChI is InChI=1S/C23H27O4P/c1-17(2)26-28(24,27-18(3)4)23-21(15-19-11-7-5-8-12-19)16-22(25-23)20-13-9-6-10-14-20/h5-14,16-18H,15H2,1-4H3. The van der Waals surface area contributed by atoms with Gasteiger partial charge in [0.1, 0.15) is 5.76 Å². The summed E-state index contributed by atoms with van der Waals surface area (Å²) in [6.07, 6.45) is 0.0539. The van der Waals surface area contributed by atoms with Crippen LogP contribution in [0.3, 0.4) is 0 Å². The van der Waals surface area contributed by atoms with Crippen LogP contribution in [0.25, 0.3) is 11.3 Å². The third kappa shape index (κ3) is 5.02. The molecule has 0 aliphatic carbocycles. The maximum absolute atomic E-state index is 13.8. The number of furan rings is 1. The average molecular weight is 398 g/mol. The van der Waals surface area contributed by atoms with Crippen molar-refractivity contribution in [1.82, 2.24) is 0 Å². The van der Waals surface area contributed by atoms with Crippen molar-refractivity contribution >= 4 is 13.1 Å². The van der Waals surface area contributed by atoms with Crippen LogP contribution in [-0.4, -0.2) is 12.2 Å². The molecule has 0 saturated carbocycles. The lowest BCUT2D eigenvalue weighted by Crippen LogP contribution is -2.18. The van der Waals surface area contributed by atoms with Gasteiger partial charge in [-0.3, -0.25) is 4.57 Å². The lowest BCUT2D eigenvalue weighted by atomic mass is 10.1. The van der Waals surface area contributed by atoms with Crippen molar-refractivity contribution in [3.05, 3.63) is 77.9 Å². The van der Waals surface area contributed by atoms with Crippen molar-refractivity contribution in [2.24, 2.45) is 0 Å². The largest absolute Gasteiger partial charge is 0.448 e. The third-order valence-electron chi connectivity index (χ3n) is 4.03. The Kier molecular flexibility index (Phi) is 6.56. The average Bonchev–Trinajstić information content (AvgIpc) is 3.07. The molecule has 2 aromatic carbocycles. The summed E-state index contributed by atoms with van der Waals surface area (Å²) in [5.41, 5.74) is 3.13. The summed E-state index contributed by atoms with van der Waals surface area (Å²) < 4.78 is 31.5. The van der Waals surface area contributed by atoms with E-state index in [0.29, 0.717) is 12.2 Å². The van der Waals surface area contributed by atoms with Crippen LogP contribution in [0, 0.1) is 0 Å². The molecule has 0 aliphatic rings. The molecule has 1 aromatic heterocycles. The lowest BCUT2D eigenvalue weighted by Gasteiger charge is -2.22. The van der Waals surface area contributed by atoms with E-state index in [2.05, 4.69) is 0 Å². The van der Waals surface area contributed by atoms with Gasteiger partial charge in [0.05, 0.1) is 12.2 Å². The Balaban J connectivity index is 2.10. The van der Waals surface area contributed by atoms with Crippen LogP contribution in [0.2, 0.25) is 0 Å². The van der Waals surface area contributed by atoms with Gasteiger partial charge in [0.25, 0.3) is 0 Å². The summed E-state index contributed by atoms with van der Waals surface area (Å²) in [5, 5.41) is 0. The van der Waals surface area contributed by atoms with E-state index < -0.39 is 7.60 Å². The Labute approximate surface area is 167 Å². The van der Waals surface area contributed by atoms with E-state index in [0.717, 1.165) is 16.7 Å². The smallest absolute Gasteiger partial charge is 0.397 e. The Morgan fingerprint density at radius 1 is 0.857 bits per heavy atom. The second kappa shape index (κ2) is 8.91. The van der Waals surface area contributed by atoms with Gasteiger partial charge >= 0.3 is 7.60 Å². The van der Waals surface area contributed by atoms with E-state index in [4.69, 9.17) is 13.5 Å². The summed E-state index contributed by atoms with van der Waals surface area (Å²) in [6.45, 7) is 7.37. The number of hydrogen-bond donors (Lipinski definition) is 0. The molecule has 4 nitrogen and oxygen atoms in total. The van der Waals surface area contributed by atoms with Crippen molar-refractivity contribution in [2.45, 2.75) is 46.3 Å². The molecule has 0 N–H and O–H groups in total. The van der Waals surface area contributed by atoms with E-state index in [9.17, 15) is 4.57 Å². The maximum atomic E-state index is 13.8. The minimum atomic E-state index is -3.62. The van der Waals surface area contributed by atoms with Gasteiger partial charge in [-0.25, -0.2) is 0 Å². The van der Waals surface area contributed by atoms with Crippen molar-refractivity contribution in [1.29, 1.82) is 0 Å². The summed E-state index contributed by atoms with van der Waals surface area (Å²) in [5.74, 6) is 0.654. The van der Waals surface area contributed by atoms with Gasteiger partial charge in [0, 0.05) is 17.5 Å². The second-order valence-electron chi connectivity index (χ2n) is 7.28. The molecule has 1 heterocycles. The molecule has 148 valence electrons. The quantitative estimate of drug-likeness (QED) is 0.424. The normalized spacial score (nSPS) is 12.1. The van der Waals surface area contributed by atoms with Crippen molar-refractivity contribution in [3.8, 4) is 11.3 Å². The van der Waals surface area contributed by atoms with Crippen molar-refractivity contribution in [2.75, 3.05) is 0 Å². The summed E-state index contributed by atoms with van der Waals surface area (Å²) >= 11 is 0. The fourth-order valence-electron chi connectivity index (χ4n) is 3.01. The van der Waals surface area contributed by atoms with Crippen molar-refractivity contribution < 1.29 is 18.0 Å². The van der Waals surface area contributed by atoms with Gasteiger partial charge < -0.3 is 13.5 Å². The summed E-state index contributed by atoms with van der Waals surface area (Å²) in [4.78, 5) is 0. The van der Waals surface area contributed by atoms with Crippen LogP contribution >= 0.6 is 7.60 Å². The minimum absolute atomic E-state index is 0.264. The zero-order valence-electron chi connectivity index (χ0n) is 16.8. The molecule has 0 fully saturated rings. The molecule has 3 aromatic rings. The zero-order valence-corrected chi connectivity index (χ0v) is 17.7. The topological polar surface area (TPSA) is 48.7 Å². The molecule has 3 rings (SSSR count). The highest BCUT2D eigenvalue weighted by Crippen LogP contribution is 2.51. The molecule has 0 amide bonds. The first-order valence-corrected chi connectivity index (χ1v) is 11.1. The number of benzene rings is 2. The van der Waals surface area contributed by atoms with Crippen LogP contribution in [0.15, 0.2) is 71.1 Å².